The standard InChI is InChI=1S/C16H18N2O3/c1-3-8-18-11-14(10-17-18)21-15-9-13(5-4-12(15)2)6-7-16(19)20/h4-7,9-11H,3,8H2,1-2H3,(H,19,20)/b7-6+. The number of hydrogen-bond donors (Lipinski definition) is 1. The van der Waals surface area contributed by atoms with E-state index in [1.54, 1.807) is 6.20 Å². The molecule has 0 aliphatic heterocycles. The van der Waals surface area contributed by atoms with Crippen LogP contribution in [-0.2, 0) is 11.3 Å². The first-order valence-corrected chi connectivity index (χ1v) is 6.80. The first kappa shape index (κ1) is 14.8. The minimum absolute atomic E-state index is 0.672. The van der Waals surface area contributed by atoms with Crippen molar-refractivity contribution in [2.75, 3.05) is 0 Å². The molecule has 0 spiro atoms. The summed E-state index contributed by atoms with van der Waals surface area (Å²) in [6.45, 7) is 4.88. The summed E-state index contributed by atoms with van der Waals surface area (Å²) in [4.78, 5) is 10.6. The Labute approximate surface area is 123 Å². The van der Waals surface area contributed by atoms with Crippen molar-refractivity contribution in [1.29, 1.82) is 0 Å². The summed E-state index contributed by atoms with van der Waals surface area (Å²) in [5.74, 6) is 0.392. The van der Waals surface area contributed by atoms with E-state index in [1.165, 1.54) is 6.08 Å². The minimum Gasteiger partial charge on any atom is -0.478 e. The number of benzene rings is 1. The maximum Gasteiger partial charge on any atom is 0.328 e. The van der Waals surface area contributed by atoms with Crippen LogP contribution in [0, 0.1) is 6.92 Å². The Balaban J connectivity index is 2.17. The van der Waals surface area contributed by atoms with Crippen LogP contribution in [0.3, 0.4) is 0 Å². The summed E-state index contributed by atoms with van der Waals surface area (Å²) in [5.41, 5.74) is 1.75. The van der Waals surface area contributed by atoms with Gasteiger partial charge in [0.1, 0.15) is 5.75 Å². The largest absolute Gasteiger partial charge is 0.478 e. The third kappa shape index (κ3) is 4.21. The van der Waals surface area contributed by atoms with Gasteiger partial charge in [0.2, 0.25) is 0 Å². The predicted octanol–water partition coefficient (Wildman–Crippen LogP) is 3.49. The van der Waals surface area contributed by atoms with Gasteiger partial charge in [-0.05, 0) is 36.6 Å². The average molecular weight is 286 g/mol. The van der Waals surface area contributed by atoms with Crippen molar-refractivity contribution in [3.05, 3.63) is 47.8 Å². The molecular formula is C16H18N2O3. The van der Waals surface area contributed by atoms with Gasteiger partial charge in [-0.3, -0.25) is 4.68 Å². The molecule has 110 valence electrons. The van der Waals surface area contributed by atoms with E-state index in [1.807, 2.05) is 36.0 Å². The van der Waals surface area contributed by atoms with Gasteiger partial charge in [-0.15, -0.1) is 0 Å². The molecule has 1 aromatic heterocycles. The van der Waals surface area contributed by atoms with Gasteiger partial charge in [-0.25, -0.2) is 4.79 Å². The zero-order valence-electron chi connectivity index (χ0n) is 12.1. The molecule has 0 radical (unpaired) electrons. The number of carboxylic acid groups (broad SMARTS) is 1. The van der Waals surface area contributed by atoms with Crippen molar-refractivity contribution >= 4 is 12.0 Å². The lowest BCUT2D eigenvalue weighted by molar-refractivity contribution is -0.131. The number of aliphatic carboxylic acids is 1. The molecule has 0 fully saturated rings. The number of rotatable bonds is 6. The van der Waals surface area contributed by atoms with E-state index in [9.17, 15) is 4.79 Å². The molecule has 0 saturated carbocycles. The summed E-state index contributed by atoms with van der Waals surface area (Å²) in [6, 6.07) is 5.56. The summed E-state index contributed by atoms with van der Waals surface area (Å²) < 4.78 is 7.65. The first-order chi connectivity index (χ1) is 10.1. The molecule has 0 bridgehead atoms. The molecular weight excluding hydrogens is 268 g/mol. The van der Waals surface area contributed by atoms with Crippen molar-refractivity contribution in [3.8, 4) is 11.5 Å². The molecule has 0 unspecified atom stereocenters. The molecule has 0 amide bonds. The van der Waals surface area contributed by atoms with Crippen molar-refractivity contribution in [2.45, 2.75) is 26.8 Å². The fraction of sp³-hybridized carbons (Fsp3) is 0.250. The summed E-state index contributed by atoms with van der Waals surface area (Å²) >= 11 is 0. The second kappa shape index (κ2) is 6.74. The predicted molar refractivity (Wildman–Crippen MR) is 80.4 cm³/mol. The topological polar surface area (TPSA) is 64.3 Å². The van der Waals surface area contributed by atoms with Crippen LogP contribution in [0.15, 0.2) is 36.7 Å². The SMILES string of the molecule is CCCn1cc(Oc2cc(/C=C/C(=O)O)ccc2C)cn1. The Kier molecular flexibility index (Phi) is 4.77. The van der Waals surface area contributed by atoms with Crippen molar-refractivity contribution in [3.63, 3.8) is 0 Å². The molecule has 2 aromatic rings. The molecule has 0 aliphatic carbocycles. The second-order valence-corrected chi connectivity index (χ2v) is 4.74. The van der Waals surface area contributed by atoms with Gasteiger partial charge in [0, 0.05) is 12.6 Å². The molecule has 0 saturated heterocycles. The number of ether oxygens (including phenoxy) is 1. The molecule has 5 nitrogen and oxygen atoms in total. The van der Waals surface area contributed by atoms with Crippen molar-refractivity contribution in [2.24, 2.45) is 0 Å². The van der Waals surface area contributed by atoms with Crippen LogP contribution in [0.25, 0.3) is 6.08 Å². The third-order valence-electron chi connectivity index (χ3n) is 2.92. The molecule has 21 heavy (non-hydrogen) atoms. The van der Waals surface area contributed by atoms with Crippen LogP contribution in [0.4, 0.5) is 0 Å². The van der Waals surface area contributed by atoms with E-state index >= 15 is 0 Å². The molecule has 1 N–H and O–H groups in total. The summed E-state index contributed by atoms with van der Waals surface area (Å²) in [6.07, 6.45) is 7.18. The van der Waals surface area contributed by atoms with Gasteiger partial charge in [0.05, 0.1) is 12.4 Å². The zero-order chi connectivity index (χ0) is 15.2. The molecule has 2 rings (SSSR count). The molecule has 0 atom stereocenters. The molecule has 0 aliphatic rings. The highest BCUT2D eigenvalue weighted by Crippen LogP contribution is 2.26. The molecule has 1 heterocycles. The highest BCUT2D eigenvalue weighted by atomic mass is 16.5. The lowest BCUT2D eigenvalue weighted by Gasteiger charge is -2.07. The Hall–Kier alpha value is -2.56. The minimum atomic E-state index is -0.973. The van der Waals surface area contributed by atoms with Gasteiger partial charge in [0.15, 0.2) is 5.75 Å². The summed E-state index contributed by atoms with van der Waals surface area (Å²) in [7, 11) is 0. The fourth-order valence-electron chi connectivity index (χ4n) is 1.87. The Morgan fingerprint density at radius 2 is 2.29 bits per heavy atom. The maximum atomic E-state index is 10.6. The Morgan fingerprint density at radius 1 is 1.48 bits per heavy atom. The van der Waals surface area contributed by atoms with Crippen LogP contribution >= 0.6 is 0 Å². The van der Waals surface area contributed by atoms with E-state index in [2.05, 4.69) is 12.0 Å². The highest BCUT2D eigenvalue weighted by molar-refractivity contribution is 5.85. The lowest BCUT2D eigenvalue weighted by Crippen LogP contribution is -1.95. The van der Waals surface area contributed by atoms with Gasteiger partial charge >= 0.3 is 5.97 Å². The number of carbonyl (C=O) groups is 1. The highest BCUT2D eigenvalue weighted by Gasteiger charge is 2.05. The van der Waals surface area contributed by atoms with Crippen molar-refractivity contribution < 1.29 is 14.6 Å². The van der Waals surface area contributed by atoms with Gasteiger partial charge < -0.3 is 9.84 Å². The number of aryl methyl sites for hydroxylation is 2. The van der Waals surface area contributed by atoms with Crippen LogP contribution in [0.2, 0.25) is 0 Å². The molecule has 5 heteroatoms. The normalized spacial score (nSPS) is 11.0. The van der Waals surface area contributed by atoms with E-state index < -0.39 is 5.97 Å². The number of nitrogens with zero attached hydrogens (tertiary/aromatic N) is 2. The zero-order valence-corrected chi connectivity index (χ0v) is 12.1. The van der Waals surface area contributed by atoms with Gasteiger partial charge in [-0.1, -0.05) is 19.1 Å². The average Bonchev–Trinajstić information content (AvgIpc) is 2.87. The van der Waals surface area contributed by atoms with Crippen LogP contribution in [0.5, 0.6) is 11.5 Å². The fourth-order valence-corrected chi connectivity index (χ4v) is 1.87. The van der Waals surface area contributed by atoms with E-state index in [4.69, 9.17) is 9.84 Å². The maximum absolute atomic E-state index is 10.6. The van der Waals surface area contributed by atoms with Gasteiger partial charge in [0.25, 0.3) is 0 Å². The number of aromatic nitrogens is 2. The number of carboxylic acids is 1. The monoisotopic (exact) mass is 286 g/mol. The van der Waals surface area contributed by atoms with Crippen LogP contribution in [0.1, 0.15) is 24.5 Å². The van der Waals surface area contributed by atoms with Crippen molar-refractivity contribution in [1.82, 2.24) is 9.78 Å². The van der Waals surface area contributed by atoms with E-state index in [0.717, 1.165) is 30.2 Å². The lowest BCUT2D eigenvalue weighted by atomic mass is 10.1. The smallest absolute Gasteiger partial charge is 0.328 e. The molecule has 1 aromatic carbocycles. The number of hydrogen-bond acceptors (Lipinski definition) is 3. The Morgan fingerprint density at radius 3 is 3.00 bits per heavy atom. The van der Waals surface area contributed by atoms with Crippen LogP contribution < -0.4 is 4.74 Å². The van der Waals surface area contributed by atoms with Crippen LogP contribution in [-0.4, -0.2) is 20.9 Å². The van der Waals surface area contributed by atoms with Gasteiger partial charge in [-0.2, -0.15) is 5.10 Å². The quantitative estimate of drug-likeness (QED) is 0.825. The Bertz CT molecular complexity index is 659. The van der Waals surface area contributed by atoms with E-state index in [0.29, 0.717) is 11.5 Å². The van der Waals surface area contributed by atoms with E-state index in [-0.39, 0.29) is 0 Å². The first-order valence-electron chi connectivity index (χ1n) is 6.80. The second-order valence-electron chi connectivity index (χ2n) is 4.74. The summed E-state index contributed by atoms with van der Waals surface area (Å²) in [5, 5.41) is 12.9. The third-order valence-corrected chi connectivity index (χ3v) is 2.92.